The lowest BCUT2D eigenvalue weighted by molar-refractivity contribution is -0.122. The molecule has 9 heteroatoms. The lowest BCUT2D eigenvalue weighted by Gasteiger charge is -2.14. The highest BCUT2D eigenvalue weighted by Crippen LogP contribution is 2.21. The van der Waals surface area contributed by atoms with Gasteiger partial charge in [-0.25, -0.2) is 8.42 Å². The zero-order valence-electron chi connectivity index (χ0n) is 12.0. The number of nitrogens with two attached hydrogens (primary N) is 1. The molecular weight excluding hydrogens is 330 g/mol. The second kappa shape index (κ2) is 7.30. The largest absolute Gasteiger partial charge is 0.389 e. The maximum absolute atomic E-state index is 12.2. The zero-order chi connectivity index (χ0) is 16.2. The number of nitrogens with one attached hydrogen (secondary N) is 2. The summed E-state index contributed by atoms with van der Waals surface area (Å²) in [6.07, 6.45) is 0. The first-order chi connectivity index (χ1) is 9.63. The Kier molecular flexibility index (Phi) is 6.26. The van der Waals surface area contributed by atoms with Crippen LogP contribution in [0.25, 0.3) is 0 Å². The molecule has 0 saturated carbocycles. The van der Waals surface area contributed by atoms with Crippen molar-refractivity contribution in [1.82, 2.24) is 10.0 Å². The molecule has 0 aliphatic carbocycles. The van der Waals surface area contributed by atoms with Crippen molar-refractivity contribution in [1.29, 1.82) is 0 Å². The van der Waals surface area contributed by atoms with Crippen LogP contribution in [0.4, 0.5) is 0 Å². The summed E-state index contributed by atoms with van der Waals surface area (Å²) in [5.74, 6) is -0.0680. The highest BCUT2D eigenvalue weighted by molar-refractivity contribution is 7.91. The molecule has 1 heterocycles. The van der Waals surface area contributed by atoms with Gasteiger partial charge in [-0.3, -0.25) is 4.79 Å². The van der Waals surface area contributed by atoms with E-state index in [9.17, 15) is 13.2 Å². The van der Waals surface area contributed by atoms with Gasteiger partial charge < -0.3 is 11.1 Å². The van der Waals surface area contributed by atoms with Crippen LogP contribution in [0.2, 0.25) is 0 Å². The van der Waals surface area contributed by atoms with Crippen LogP contribution < -0.4 is 15.8 Å². The van der Waals surface area contributed by atoms with Gasteiger partial charge in [-0.1, -0.05) is 26.1 Å². The molecule has 0 radical (unpaired) electrons. The second-order valence-corrected chi connectivity index (χ2v) is 8.43. The van der Waals surface area contributed by atoms with E-state index in [0.29, 0.717) is 17.3 Å². The summed E-state index contributed by atoms with van der Waals surface area (Å²) >= 11 is 5.77. The summed E-state index contributed by atoms with van der Waals surface area (Å²) < 4.78 is 26.7. The Morgan fingerprint density at radius 3 is 2.48 bits per heavy atom. The summed E-state index contributed by atoms with van der Waals surface area (Å²) in [7, 11) is -3.76. The number of carbonyl (C=O) groups excluding carboxylic acids is 1. The minimum Gasteiger partial charge on any atom is -0.389 e. The van der Waals surface area contributed by atoms with E-state index in [1.54, 1.807) is 6.07 Å². The predicted molar refractivity (Wildman–Crippen MR) is 87.8 cm³/mol. The Bertz CT molecular complexity index is 623. The van der Waals surface area contributed by atoms with Crippen molar-refractivity contribution in [3.8, 4) is 0 Å². The van der Waals surface area contributed by atoms with Gasteiger partial charge in [0.2, 0.25) is 5.91 Å². The molecule has 0 aliphatic rings. The number of rotatable bonds is 7. The fraction of sp³-hybridized carbons (Fsp3) is 0.500. The molecular formula is C12H19N3O3S3. The number of sulfonamides is 1. The molecule has 0 aliphatic heterocycles. The van der Waals surface area contributed by atoms with E-state index >= 15 is 0 Å². The third-order valence-electron chi connectivity index (χ3n) is 2.50. The van der Waals surface area contributed by atoms with E-state index in [1.807, 2.05) is 13.8 Å². The van der Waals surface area contributed by atoms with E-state index in [-0.39, 0.29) is 15.1 Å². The number of thiocarbonyl (C=S) groups is 1. The van der Waals surface area contributed by atoms with E-state index in [2.05, 4.69) is 10.0 Å². The Labute approximate surface area is 134 Å². The molecule has 1 atom stereocenters. The molecule has 21 heavy (non-hydrogen) atoms. The smallest absolute Gasteiger partial charge is 0.250 e. The fourth-order valence-corrected chi connectivity index (χ4v) is 3.97. The number of carbonyl (C=O) groups is 1. The van der Waals surface area contributed by atoms with E-state index in [1.165, 1.54) is 13.0 Å². The van der Waals surface area contributed by atoms with Gasteiger partial charge in [0, 0.05) is 6.54 Å². The third kappa shape index (κ3) is 5.34. The molecule has 1 unspecified atom stereocenters. The molecule has 1 aromatic heterocycles. The van der Waals surface area contributed by atoms with Crippen LogP contribution in [-0.2, 0) is 14.8 Å². The predicted octanol–water partition coefficient (Wildman–Crippen LogP) is 0.821. The highest BCUT2D eigenvalue weighted by atomic mass is 32.2. The molecule has 0 spiro atoms. The first-order valence-corrected chi connectivity index (χ1v) is 9.04. The van der Waals surface area contributed by atoms with Crippen LogP contribution >= 0.6 is 23.6 Å². The van der Waals surface area contributed by atoms with Crippen molar-refractivity contribution in [2.75, 3.05) is 6.54 Å². The van der Waals surface area contributed by atoms with Crippen molar-refractivity contribution in [3.63, 3.8) is 0 Å². The van der Waals surface area contributed by atoms with Crippen molar-refractivity contribution in [2.24, 2.45) is 11.7 Å². The maximum atomic E-state index is 12.2. The van der Waals surface area contributed by atoms with Crippen LogP contribution in [0.3, 0.4) is 0 Å². The van der Waals surface area contributed by atoms with Gasteiger partial charge in [0.25, 0.3) is 10.0 Å². The number of amides is 1. The molecule has 1 rings (SSSR count). The van der Waals surface area contributed by atoms with E-state index in [4.69, 9.17) is 18.0 Å². The van der Waals surface area contributed by atoms with Gasteiger partial charge >= 0.3 is 0 Å². The Balaban J connectivity index is 2.75. The van der Waals surface area contributed by atoms with Crippen LogP contribution in [0.5, 0.6) is 0 Å². The summed E-state index contributed by atoms with van der Waals surface area (Å²) in [5.41, 5.74) is 5.45. The van der Waals surface area contributed by atoms with Gasteiger partial charge in [0.1, 0.15) is 9.20 Å². The van der Waals surface area contributed by atoms with Gasteiger partial charge in [0.15, 0.2) is 0 Å². The van der Waals surface area contributed by atoms with Crippen molar-refractivity contribution < 1.29 is 13.2 Å². The average molecular weight is 350 g/mol. The maximum Gasteiger partial charge on any atom is 0.250 e. The van der Waals surface area contributed by atoms with Gasteiger partial charge in [-0.05, 0) is 25.0 Å². The fourth-order valence-electron chi connectivity index (χ4n) is 1.40. The average Bonchev–Trinajstić information content (AvgIpc) is 2.85. The lowest BCUT2D eigenvalue weighted by atomic mass is 10.2. The Hall–Kier alpha value is -1.03. The standard InChI is InChI=1S/C12H19N3O3S3/c1-7(2)6-14-12(16)8(3)15-21(17,18)10-5-4-9(20-10)11(13)19/h4-5,7-8,15H,6H2,1-3H3,(H2,13,19)(H,14,16). The van der Waals surface area contributed by atoms with Crippen molar-refractivity contribution >= 4 is 44.5 Å². The number of hydrogen-bond donors (Lipinski definition) is 3. The summed E-state index contributed by atoms with van der Waals surface area (Å²) in [6.45, 7) is 5.90. The van der Waals surface area contributed by atoms with Crippen LogP contribution in [-0.4, -0.2) is 31.9 Å². The monoisotopic (exact) mass is 349 g/mol. The molecule has 4 N–H and O–H groups in total. The first kappa shape index (κ1) is 18.0. The van der Waals surface area contributed by atoms with Crippen molar-refractivity contribution in [3.05, 3.63) is 17.0 Å². The number of hydrogen-bond acceptors (Lipinski definition) is 5. The SMILES string of the molecule is CC(C)CNC(=O)C(C)NS(=O)(=O)c1ccc(C(N)=S)s1. The second-order valence-electron chi connectivity index (χ2n) is 4.96. The summed E-state index contributed by atoms with van der Waals surface area (Å²) in [6, 6.07) is 2.11. The minimum absolute atomic E-state index is 0.0776. The summed E-state index contributed by atoms with van der Waals surface area (Å²) in [5, 5.41) is 2.68. The molecule has 0 fully saturated rings. The normalized spacial score (nSPS) is 13.1. The third-order valence-corrected chi connectivity index (χ3v) is 6.00. The Morgan fingerprint density at radius 1 is 1.38 bits per heavy atom. The van der Waals surface area contributed by atoms with Crippen LogP contribution in [0.15, 0.2) is 16.3 Å². The molecule has 0 saturated heterocycles. The summed E-state index contributed by atoms with van der Waals surface area (Å²) in [4.78, 5) is 12.5. The van der Waals surface area contributed by atoms with Gasteiger partial charge in [-0.2, -0.15) is 4.72 Å². The molecule has 1 aromatic rings. The van der Waals surface area contributed by atoms with E-state index in [0.717, 1.165) is 11.3 Å². The quantitative estimate of drug-likeness (QED) is 0.633. The van der Waals surface area contributed by atoms with Crippen LogP contribution in [0.1, 0.15) is 25.6 Å². The minimum atomic E-state index is -3.76. The molecule has 6 nitrogen and oxygen atoms in total. The highest BCUT2D eigenvalue weighted by Gasteiger charge is 2.23. The zero-order valence-corrected chi connectivity index (χ0v) is 14.5. The van der Waals surface area contributed by atoms with E-state index < -0.39 is 16.1 Å². The molecule has 118 valence electrons. The molecule has 0 bridgehead atoms. The lowest BCUT2D eigenvalue weighted by Crippen LogP contribution is -2.45. The van der Waals surface area contributed by atoms with Gasteiger partial charge in [-0.15, -0.1) is 11.3 Å². The van der Waals surface area contributed by atoms with Crippen LogP contribution in [0, 0.1) is 5.92 Å². The first-order valence-electron chi connectivity index (χ1n) is 6.33. The molecule has 0 aromatic carbocycles. The topological polar surface area (TPSA) is 101 Å². The van der Waals surface area contributed by atoms with Crippen molar-refractivity contribution in [2.45, 2.75) is 31.0 Å². The van der Waals surface area contributed by atoms with Gasteiger partial charge in [0.05, 0.1) is 10.9 Å². The number of thiophene rings is 1. The Morgan fingerprint density at radius 2 is 2.00 bits per heavy atom. The molecule has 1 amide bonds.